The van der Waals surface area contributed by atoms with Crippen LogP contribution in [0.2, 0.25) is 0 Å². The van der Waals surface area contributed by atoms with Gasteiger partial charge in [-0.05, 0) is 37.3 Å². The van der Waals surface area contributed by atoms with Gasteiger partial charge in [-0.15, -0.1) is 0 Å². The lowest BCUT2D eigenvalue weighted by Crippen LogP contribution is -2.50. The van der Waals surface area contributed by atoms with E-state index in [-0.39, 0.29) is 18.6 Å². The fourth-order valence-corrected chi connectivity index (χ4v) is 3.83. The Morgan fingerprint density at radius 3 is 2.87 bits per heavy atom. The molecule has 1 aromatic heterocycles. The molecule has 0 radical (unpaired) electrons. The van der Waals surface area contributed by atoms with E-state index in [0.717, 1.165) is 36.9 Å². The molecule has 0 spiro atoms. The number of fused-ring (bicyclic) bond motifs is 1. The molecule has 1 aromatic carbocycles. The number of rotatable bonds is 4. The highest BCUT2D eigenvalue weighted by atomic mass is 16.3. The maximum Gasteiger partial charge on any atom is 0.227 e. The molecule has 2 heterocycles. The Labute approximate surface area is 137 Å². The number of aliphatic hydroxyl groups is 1. The molecule has 1 aliphatic rings. The second-order valence-corrected chi connectivity index (χ2v) is 6.59. The summed E-state index contributed by atoms with van der Waals surface area (Å²) in [4.78, 5) is 14.7. The molecule has 2 aromatic rings. The van der Waals surface area contributed by atoms with Crippen molar-refractivity contribution in [2.24, 2.45) is 5.92 Å². The van der Waals surface area contributed by atoms with E-state index in [2.05, 4.69) is 36.7 Å². The van der Waals surface area contributed by atoms with Gasteiger partial charge in [-0.2, -0.15) is 0 Å². The Bertz CT molecular complexity index is 692. The number of piperidine rings is 1. The van der Waals surface area contributed by atoms with E-state index in [1.165, 1.54) is 5.52 Å². The van der Waals surface area contributed by atoms with Crippen molar-refractivity contribution >= 4 is 16.8 Å². The number of benzene rings is 1. The van der Waals surface area contributed by atoms with E-state index in [1.807, 2.05) is 17.0 Å². The molecule has 4 heteroatoms. The Hall–Kier alpha value is -1.81. The third-order valence-corrected chi connectivity index (χ3v) is 5.18. The Balaban J connectivity index is 1.85. The highest BCUT2D eigenvalue weighted by Crippen LogP contribution is 2.26. The molecule has 1 amide bonds. The van der Waals surface area contributed by atoms with E-state index in [9.17, 15) is 9.90 Å². The van der Waals surface area contributed by atoms with E-state index in [0.29, 0.717) is 12.3 Å². The van der Waals surface area contributed by atoms with Crippen molar-refractivity contribution in [1.29, 1.82) is 0 Å². The summed E-state index contributed by atoms with van der Waals surface area (Å²) in [6.07, 6.45) is 4.63. The standard InChI is InChI=1S/C19H26N2O2/c1-3-20-12-15(16-8-4-5-9-17(16)20)11-19(23)21-10-6-7-14(2)18(21)13-22/h4-5,8-9,12,14,18,22H,3,6-7,10-11,13H2,1-2H3. The van der Waals surface area contributed by atoms with Crippen LogP contribution in [-0.4, -0.2) is 39.7 Å². The zero-order valence-corrected chi connectivity index (χ0v) is 14.0. The molecule has 0 bridgehead atoms. The topological polar surface area (TPSA) is 45.5 Å². The van der Waals surface area contributed by atoms with E-state index in [1.54, 1.807) is 0 Å². The summed E-state index contributed by atoms with van der Waals surface area (Å²) in [6, 6.07) is 8.22. The number of likely N-dealkylation sites (tertiary alicyclic amines) is 1. The first kappa shape index (κ1) is 16.1. The van der Waals surface area contributed by atoms with Crippen LogP contribution in [0, 0.1) is 5.92 Å². The smallest absolute Gasteiger partial charge is 0.227 e. The van der Waals surface area contributed by atoms with Crippen LogP contribution >= 0.6 is 0 Å². The molecule has 2 unspecified atom stereocenters. The summed E-state index contributed by atoms with van der Waals surface area (Å²) in [5.41, 5.74) is 2.27. The van der Waals surface area contributed by atoms with Gasteiger partial charge in [0.2, 0.25) is 5.91 Å². The average Bonchev–Trinajstić information content (AvgIpc) is 2.92. The first-order chi connectivity index (χ1) is 11.2. The number of aromatic nitrogens is 1. The second-order valence-electron chi connectivity index (χ2n) is 6.59. The SMILES string of the molecule is CCn1cc(CC(=O)N2CCCC(C)C2CO)c2ccccc21. The Morgan fingerprint density at radius 2 is 2.13 bits per heavy atom. The molecular formula is C19H26N2O2. The minimum atomic E-state index is -0.0317. The molecule has 4 nitrogen and oxygen atoms in total. The van der Waals surface area contributed by atoms with Gasteiger partial charge in [0, 0.05) is 30.2 Å². The molecule has 0 aliphatic carbocycles. The van der Waals surface area contributed by atoms with Crippen LogP contribution in [-0.2, 0) is 17.8 Å². The Kier molecular flexibility index (Phi) is 4.71. The second kappa shape index (κ2) is 6.75. The molecule has 1 saturated heterocycles. The van der Waals surface area contributed by atoms with Crippen LogP contribution in [0.4, 0.5) is 0 Å². The predicted molar refractivity (Wildman–Crippen MR) is 92.3 cm³/mol. The number of carbonyl (C=O) groups excluding carboxylic acids is 1. The van der Waals surface area contributed by atoms with Crippen LogP contribution < -0.4 is 0 Å². The van der Waals surface area contributed by atoms with Gasteiger partial charge in [0.05, 0.1) is 19.1 Å². The van der Waals surface area contributed by atoms with Crippen molar-refractivity contribution in [2.75, 3.05) is 13.2 Å². The highest BCUT2D eigenvalue weighted by molar-refractivity contribution is 5.89. The number of nitrogens with zero attached hydrogens (tertiary/aromatic N) is 2. The van der Waals surface area contributed by atoms with Crippen LogP contribution in [0.5, 0.6) is 0 Å². The van der Waals surface area contributed by atoms with Crippen LogP contribution in [0.25, 0.3) is 10.9 Å². The van der Waals surface area contributed by atoms with Crippen LogP contribution in [0.15, 0.2) is 30.5 Å². The lowest BCUT2D eigenvalue weighted by molar-refractivity contribution is -0.136. The van der Waals surface area contributed by atoms with Crippen molar-refractivity contribution in [3.8, 4) is 0 Å². The maximum atomic E-state index is 12.8. The van der Waals surface area contributed by atoms with Crippen molar-refractivity contribution in [3.05, 3.63) is 36.0 Å². The number of para-hydroxylation sites is 1. The molecule has 3 rings (SSSR count). The van der Waals surface area contributed by atoms with Gasteiger partial charge in [-0.25, -0.2) is 0 Å². The molecule has 1 aliphatic heterocycles. The molecule has 23 heavy (non-hydrogen) atoms. The zero-order chi connectivity index (χ0) is 16.4. The van der Waals surface area contributed by atoms with E-state index < -0.39 is 0 Å². The molecule has 1 fully saturated rings. The fraction of sp³-hybridized carbons (Fsp3) is 0.526. The molecule has 0 saturated carbocycles. The first-order valence-corrected chi connectivity index (χ1v) is 8.62. The number of aliphatic hydroxyl groups excluding tert-OH is 1. The summed E-state index contributed by atoms with van der Waals surface area (Å²) in [5, 5.41) is 10.8. The minimum Gasteiger partial charge on any atom is -0.394 e. The Morgan fingerprint density at radius 1 is 1.35 bits per heavy atom. The number of hydrogen-bond acceptors (Lipinski definition) is 2. The largest absolute Gasteiger partial charge is 0.394 e. The summed E-state index contributed by atoms with van der Waals surface area (Å²) in [5.74, 6) is 0.504. The quantitative estimate of drug-likeness (QED) is 0.943. The maximum absolute atomic E-state index is 12.8. The van der Waals surface area contributed by atoms with Gasteiger partial charge in [0.1, 0.15) is 0 Å². The van der Waals surface area contributed by atoms with E-state index >= 15 is 0 Å². The zero-order valence-electron chi connectivity index (χ0n) is 14.0. The lowest BCUT2D eigenvalue weighted by atomic mass is 9.91. The summed E-state index contributed by atoms with van der Waals surface area (Å²) < 4.78 is 2.19. The van der Waals surface area contributed by atoms with E-state index in [4.69, 9.17) is 0 Å². The third kappa shape index (κ3) is 3.00. The minimum absolute atomic E-state index is 0.0317. The van der Waals surface area contributed by atoms with Gasteiger partial charge in [-0.3, -0.25) is 4.79 Å². The lowest BCUT2D eigenvalue weighted by Gasteiger charge is -2.39. The molecular weight excluding hydrogens is 288 g/mol. The van der Waals surface area contributed by atoms with Crippen molar-refractivity contribution in [2.45, 2.75) is 45.7 Å². The molecule has 2 atom stereocenters. The normalized spacial score (nSPS) is 21.8. The number of carbonyl (C=O) groups is 1. The predicted octanol–water partition coefficient (Wildman–Crippen LogP) is 2.82. The summed E-state index contributed by atoms with van der Waals surface area (Å²) in [6.45, 7) is 5.97. The molecule has 1 N–H and O–H groups in total. The van der Waals surface area contributed by atoms with Crippen LogP contribution in [0.3, 0.4) is 0 Å². The van der Waals surface area contributed by atoms with Gasteiger partial charge in [0.15, 0.2) is 0 Å². The number of aryl methyl sites for hydroxylation is 1. The van der Waals surface area contributed by atoms with Gasteiger partial charge in [0.25, 0.3) is 0 Å². The average molecular weight is 314 g/mol. The van der Waals surface area contributed by atoms with Crippen molar-refractivity contribution in [1.82, 2.24) is 9.47 Å². The van der Waals surface area contributed by atoms with Crippen molar-refractivity contribution in [3.63, 3.8) is 0 Å². The third-order valence-electron chi connectivity index (χ3n) is 5.18. The van der Waals surface area contributed by atoms with Crippen LogP contribution in [0.1, 0.15) is 32.3 Å². The number of hydrogen-bond donors (Lipinski definition) is 1. The monoisotopic (exact) mass is 314 g/mol. The summed E-state index contributed by atoms with van der Waals surface area (Å²) in [7, 11) is 0. The van der Waals surface area contributed by atoms with Gasteiger partial charge >= 0.3 is 0 Å². The first-order valence-electron chi connectivity index (χ1n) is 8.62. The summed E-state index contributed by atoms with van der Waals surface area (Å²) >= 11 is 0. The fourth-order valence-electron chi connectivity index (χ4n) is 3.83. The number of amides is 1. The van der Waals surface area contributed by atoms with Gasteiger partial charge in [-0.1, -0.05) is 25.1 Å². The molecule has 124 valence electrons. The highest BCUT2D eigenvalue weighted by Gasteiger charge is 2.31. The van der Waals surface area contributed by atoms with Crippen molar-refractivity contribution < 1.29 is 9.90 Å². The van der Waals surface area contributed by atoms with Gasteiger partial charge < -0.3 is 14.6 Å².